The highest BCUT2D eigenvalue weighted by atomic mass is 19.4. The number of hydrogen-bond acceptors (Lipinski definition) is 0. The smallest absolute Gasteiger partial charge is 0.170 e. The Morgan fingerprint density at radius 2 is 0.727 bits per heavy atom. The van der Waals surface area contributed by atoms with E-state index in [9.17, 15) is 52.7 Å². The van der Waals surface area contributed by atoms with Crippen LogP contribution in [0, 0.1) is 33.5 Å². The molecule has 0 aromatic carbocycles. The number of rotatable bonds is 2. The van der Waals surface area contributed by atoms with Gasteiger partial charge in [0.05, 0.1) is 0 Å². The summed E-state index contributed by atoms with van der Waals surface area (Å²) in [5.74, 6) is -2.53. The topological polar surface area (TPSA) is 0 Å². The molecule has 0 aromatic rings. The fourth-order valence-electron chi connectivity index (χ4n) is 7.76. The molecule has 33 heavy (non-hydrogen) atoms. The first-order valence-electron chi connectivity index (χ1n) is 10.9. The third-order valence-corrected chi connectivity index (χ3v) is 9.75. The molecule has 12 heteroatoms. The Balaban J connectivity index is 2.21. The molecule has 4 saturated carbocycles. The molecule has 194 valence electrons. The van der Waals surface area contributed by atoms with Crippen LogP contribution in [-0.2, 0) is 0 Å². The molecule has 0 aromatic heterocycles. The molecule has 4 aliphatic rings. The Bertz CT molecular complexity index is 640. The minimum atomic E-state index is -5.68. The van der Waals surface area contributed by atoms with Gasteiger partial charge >= 0.3 is 24.7 Å². The van der Waals surface area contributed by atoms with E-state index in [-0.39, 0.29) is 26.7 Å². The molecule has 4 bridgehead atoms. The van der Waals surface area contributed by atoms with Gasteiger partial charge < -0.3 is 0 Å². The third kappa shape index (κ3) is 3.26. The van der Waals surface area contributed by atoms with Gasteiger partial charge in [0.15, 0.2) is 10.8 Å². The molecule has 2 unspecified atom stereocenters. The van der Waals surface area contributed by atoms with Crippen LogP contribution in [0.2, 0.25) is 0 Å². The van der Waals surface area contributed by atoms with E-state index < -0.39 is 103 Å². The Morgan fingerprint density at radius 3 is 0.939 bits per heavy atom. The normalized spacial score (nSPS) is 34.7. The lowest BCUT2D eigenvalue weighted by Gasteiger charge is -2.60. The molecule has 0 nitrogen and oxygen atoms in total. The van der Waals surface area contributed by atoms with Crippen LogP contribution in [0.15, 0.2) is 0 Å². The molecule has 0 radical (unpaired) electrons. The van der Waals surface area contributed by atoms with E-state index in [0.29, 0.717) is 0 Å². The number of hydrogen-bond donors (Lipinski definition) is 0. The van der Waals surface area contributed by atoms with Crippen molar-refractivity contribution in [1.29, 1.82) is 0 Å². The molecule has 2 atom stereocenters. The summed E-state index contributed by atoms with van der Waals surface area (Å²) in [5, 5.41) is 0. The van der Waals surface area contributed by atoms with Gasteiger partial charge in [0.2, 0.25) is 0 Å². The molecule has 0 saturated heterocycles. The van der Waals surface area contributed by atoms with Gasteiger partial charge in [-0.2, -0.15) is 52.7 Å². The lowest BCUT2D eigenvalue weighted by molar-refractivity contribution is -0.393. The average molecular weight is 506 g/mol. The molecule has 0 amide bonds. The van der Waals surface area contributed by atoms with Crippen molar-refractivity contribution in [2.24, 2.45) is 33.5 Å². The third-order valence-electron chi connectivity index (χ3n) is 9.75. The molecule has 4 rings (SSSR count). The van der Waals surface area contributed by atoms with E-state index in [0.717, 1.165) is 0 Å². The van der Waals surface area contributed by atoms with Crippen LogP contribution >= 0.6 is 0 Å². The highest BCUT2D eigenvalue weighted by molar-refractivity contribution is 5.16. The first kappa shape index (κ1) is 26.8. The molecule has 4 fully saturated rings. The van der Waals surface area contributed by atoms with E-state index in [1.807, 2.05) is 0 Å². The van der Waals surface area contributed by atoms with Crippen LogP contribution < -0.4 is 0 Å². The molecule has 0 heterocycles. The Labute approximate surface area is 183 Å². The summed E-state index contributed by atoms with van der Waals surface area (Å²) >= 11 is 0. The summed E-state index contributed by atoms with van der Waals surface area (Å²) in [5.41, 5.74) is -12.9. The first-order chi connectivity index (χ1) is 14.6. The molecule has 4 aliphatic carbocycles. The summed E-state index contributed by atoms with van der Waals surface area (Å²) in [4.78, 5) is 0. The first-order valence-corrected chi connectivity index (χ1v) is 10.9. The molecular formula is C21H26F12. The summed E-state index contributed by atoms with van der Waals surface area (Å²) in [6.45, 7) is 0.235. The summed E-state index contributed by atoms with van der Waals surface area (Å²) in [6.07, 6.45) is -27.7. The molecular weight excluding hydrogens is 480 g/mol. The SMILES string of the molecule is CC(C(F)(F)F)(C(F)(F)F)C12CCCC(C(C)(C(F)(F)F)C(F)(F)F)(CCC1)C1CCC2C1. The number of halogens is 12. The van der Waals surface area contributed by atoms with Crippen LogP contribution in [0.4, 0.5) is 52.7 Å². The van der Waals surface area contributed by atoms with Crippen LogP contribution in [0.5, 0.6) is 0 Å². The maximum Gasteiger partial charge on any atom is 0.403 e. The Kier molecular flexibility index (Phi) is 5.95. The van der Waals surface area contributed by atoms with Gasteiger partial charge in [0, 0.05) is 0 Å². The van der Waals surface area contributed by atoms with Gasteiger partial charge in [-0.3, -0.25) is 0 Å². The summed E-state index contributed by atoms with van der Waals surface area (Å²) in [6, 6.07) is 0. The number of alkyl halides is 12. The molecule has 0 aliphatic heterocycles. The minimum absolute atomic E-state index is 0.117. The van der Waals surface area contributed by atoms with E-state index in [1.165, 1.54) is 0 Å². The van der Waals surface area contributed by atoms with Gasteiger partial charge in [0.1, 0.15) is 0 Å². The zero-order valence-corrected chi connectivity index (χ0v) is 18.1. The lowest BCUT2D eigenvalue weighted by Crippen LogP contribution is -2.65. The van der Waals surface area contributed by atoms with Crippen LogP contribution in [-0.4, -0.2) is 24.7 Å². The highest BCUT2D eigenvalue weighted by Gasteiger charge is 2.81. The Hall–Kier alpha value is -0.840. The van der Waals surface area contributed by atoms with Crippen molar-refractivity contribution in [3.63, 3.8) is 0 Å². The fraction of sp³-hybridized carbons (Fsp3) is 1.00. The van der Waals surface area contributed by atoms with Crippen molar-refractivity contribution in [3.8, 4) is 0 Å². The van der Waals surface area contributed by atoms with Crippen LogP contribution in [0.3, 0.4) is 0 Å². The van der Waals surface area contributed by atoms with Crippen molar-refractivity contribution in [3.05, 3.63) is 0 Å². The summed E-state index contributed by atoms with van der Waals surface area (Å²) < 4.78 is 169. The predicted octanol–water partition coefficient (Wildman–Crippen LogP) is 9.01. The van der Waals surface area contributed by atoms with Gasteiger partial charge in [-0.05, 0) is 81.5 Å². The fourth-order valence-corrected chi connectivity index (χ4v) is 7.76. The Morgan fingerprint density at radius 1 is 0.485 bits per heavy atom. The molecule has 0 N–H and O–H groups in total. The largest absolute Gasteiger partial charge is 0.403 e. The minimum Gasteiger partial charge on any atom is -0.170 e. The van der Waals surface area contributed by atoms with Gasteiger partial charge in [-0.25, -0.2) is 0 Å². The van der Waals surface area contributed by atoms with Crippen molar-refractivity contribution in [2.45, 2.75) is 96.3 Å². The van der Waals surface area contributed by atoms with E-state index >= 15 is 0 Å². The standard InChI is InChI=1S/C21H26F12/c1-14(18(22,23)24,19(25,26)27)16-7-3-9-17(10-4-8-16,13-6-5-12(16)11-13)15(2,20(28,29)30)21(31,32)33/h12-13H,3-11H2,1-2H3. The van der Waals surface area contributed by atoms with Crippen molar-refractivity contribution < 1.29 is 52.7 Å². The lowest BCUT2D eigenvalue weighted by atomic mass is 9.45. The maximum atomic E-state index is 14.1. The second-order valence-electron chi connectivity index (χ2n) is 10.5. The van der Waals surface area contributed by atoms with Gasteiger partial charge in [-0.15, -0.1) is 0 Å². The van der Waals surface area contributed by atoms with E-state index in [1.54, 1.807) is 0 Å². The maximum absolute atomic E-state index is 14.1. The zero-order valence-electron chi connectivity index (χ0n) is 18.1. The summed E-state index contributed by atoms with van der Waals surface area (Å²) in [7, 11) is 0. The van der Waals surface area contributed by atoms with E-state index in [2.05, 4.69) is 0 Å². The van der Waals surface area contributed by atoms with E-state index in [4.69, 9.17) is 0 Å². The van der Waals surface area contributed by atoms with Gasteiger partial charge in [-0.1, -0.05) is 12.8 Å². The highest BCUT2D eigenvalue weighted by Crippen LogP contribution is 2.76. The van der Waals surface area contributed by atoms with Crippen LogP contribution in [0.1, 0.15) is 71.6 Å². The van der Waals surface area contributed by atoms with Gasteiger partial charge in [0.25, 0.3) is 0 Å². The zero-order chi connectivity index (χ0) is 25.5. The second kappa shape index (κ2) is 7.34. The van der Waals surface area contributed by atoms with Crippen molar-refractivity contribution >= 4 is 0 Å². The quantitative estimate of drug-likeness (QED) is 0.328. The monoisotopic (exact) mass is 506 g/mol. The number of fused-ring (bicyclic) bond motifs is 4. The average Bonchev–Trinajstić information content (AvgIpc) is 3.09. The molecule has 0 spiro atoms. The van der Waals surface area contributed by atoms with Crippen molar-refractivity contribution in [1.82, 2.24) is 0 Å². The predicted molar refractivity (Wildman–Crippen MR) is 93.8 cm³/mol. The van der Waals surface area contributed by atoms with Crippen LogP contribution in [0.25, 0.3) is 0 Å². The second-order valence-corrected chi connectivity index (χ2v) is 10.5. The van der Waals surface area contributed by atoms with Crippen molar-refractivity contribution in [2.75, 3.05) is 0 Å².